The molecule has 1 fully saturated rings. The van der Waals surface area contributed by atoms with Crippen molar-refractivity contribution in [3.05, 3.63) is 29.6 Å². The monoisotopic (exact) mass is 373 g/mol. The Morgan fingerprint density at radius 1 is 1.32 bits per heavy atom. The second-order valence-corrected chi connectivity index (χ2v) is 9.30. The summed E-state index contributed by atoms with van der Waals surface area (Å²) in [4.78, 5) is 0. The third-order valence-electron chi connectivity index (χ3n) is 4.18. The fourth-order valence-corrected chi connectivity index (χ4v) is 4.23. The summed E-state index contributed by atoms with van der Waals surface area (Å²) in [6.07, 6.45) is 3.82. The standard InChI is InChI=1S/C18H28FNO4S/c1-4-5-6-11-25(22,23)20-18(9-10-18)14-7-8-15(19)16(12-14)24-13-17(2,3)21/h7-8,12,20-21H,4-6,9-11,13H2,1-3H3. The Balaban J connectivity index is 2.12. The van der Waals surface area contributed by atoms with E-state index in [9.17, 15) is 17.9 Å². The minimum absolute atomic E-state index is 0.0241. The molecule has 0 atom stereocenters. The van der Waals surface area contributed by atoms with Crippen LogP contribution in [-0.4, -0.2) is 31.5 Å². The van der Waals surface area contributed by atoms with Gasteiger partial charge in [0.2, 0.25) is 10.0 Å². The van der Waals surface area contributed by atoms with Crippen molar-refractivity contribution in [1.82, 2.24) is 4.72 Å². The minimum atomic E-state index is -3.38. The van der Waals surface area contributed by atoms with E-state index < -0.39 is 27.0 Å². The van der Waals surface area contributed by atoms with Crippen LogP contribution in [0.15, 0.2) is 18.2 Å². The first-order valence-electron chi connectivity index (χ1n) is 8.74. The molecule has 0 saturated heterocycles. The zero-order valence-electron chi connectivity index (χ0n) is 15.1. The van der Waals surface area contributed by atoms with Crippen LogP contribution in [0.5, 0.6) is 5.75 Å². The van der Waals surface area contributed by atoms with Crippen LogP contribution in [0.4, 0.5) is 4.39 Å². The van der Waals surface area contributed by atoms with E-state index in [1.807, 2.05) is 6.92 Å². The average Bonchev–Trinajstić information content (AvgIpc) is 3.25. The Bertz CT molecular complexity index is 694. The molecule has 1 aliphatic carbocycles. The van der Waals surface area contributed by atoms with Gasteiger partial charge in [-0.15, -0.1) is 0 Å². The van der Waals surface area contributed by atoms with Gasteiger partial charge in [-0.3, -0.25) is 0 Å². The number of rotatable bonds is 10. The van der Waals surface area contributed by atoms with Gasteiger partial charge >= 0.3 is 0 Å². The van der Waals surface area contributed by atoms with Crippen molar-refractivity contribution in [2.24, 2.45) is 0 Å². The lowest BCUT2D eigenvalue weighted by Crippen LogP contribution is -2.36. The Labute approximate surface area is 149 Å². The summed E-state index contributed by atoms with van der Waals surface area (Å²) in [6.45, 7) is 5.11. The molecule has 25 heavy (non-hydrogen) atoms. The number of benzene rings is 1. The molecule has 0 unspecified atom stereocenters. The highest BCUT2D eigenvalue weighted by Gasteiger charge is 2.47. The lowest BCUT2D eigenvalue weighted by Gasteiger charge is -2.21. The Morgan fingerprint density at radius 3 is 2.56 bits per heavy atom. The van der Waals surface area contributed by atoms with Gasteiger partial charge in [-0.2, -0.15) is 0 Å². The molecule has 142 valence electrons. The zero-order chi connectivity index (χ0) is 18.7. The number of ether oxygens (including phenoxy) is 1. The third-order valence-corrected chi connectivity index (χ3v) is 5.71. The first kappa shape index (κ1) is 20.1. The molecule has 0 bridgehead atoms. The second kappa shape index (κ2) is 7.60. The minimum Gasteiger partial charge on any atom is -0.488 e. The maximum atomic E-state index is 14.0. The van der Waals surface area contributed by atoms with Gasteiger partial charge in [0.1, 0.15) is 6.61 Å². The van der Waals surface area contributed by atoms with E-state index in [-0.39, 0.29) is 18.1 Å². The summed E-state index contributed by atoms with van der Waals surface area (Å²) in [5, 5.41) is 9.73. The number of hydrogen-bond acceptors (Lipinski definition) is 4. The highest BCUT2D eigenvalue weighted by Crippen LogP contribution is 2.47. The summed E-state index contributed by atoms with van der Waals surface area (Å²) in [5.74, 6) is -0.406. The zero-order valence-corrected chi connectivity index (χ0v) is 16.0. The van der Waals surface area contributed by atoms with E-state index >= 15 is 0 Å². The van der Waals surface area contributed by atoms with Crippen LogP contribution in [-0.2, 0) is 15.6 Å². The summed E-state index contributed by atoms with van der Waals surface area (Å²) >= 11 is 0. The van der Waals surface area contributed by atoms with Crippen molar-refractivity contribution in [3.8, 4) is 5.75 Å². The van der Waals surface area contributed by atoms with Gasteiger partial charge in [-0.1, -0.05) is 25.8 Å². The molecule has 0 radical (unpaired) electrons. The molecule has 1 aromatic rings. The van der Waals surface area contributed by atoms with Crippen molar-refractivity contribution in [1.29, 1.82) is 0 Å². The summed E-state index contributed by atoms with van der Waals surface area (Å²) < 4.78 is 46.7. The normalized spacial score (nSPS) is 16.7. The maximum absolute atomic E-state index is 14.0. The molecule has 0 heterocycles. The lowest BCUT2D eigenvalue weighted by atomic mass is 10.1. The first-order chi connectivity index (χ1) is 11.6. The molecule has 1 aliphatic rings. The van der Waals surface area contributed by atoms with Crippen LogP contribution in [0, 0.1) is 5.82 Å². The summed E-state index contributed by atoms with van der Waals surface area (Å²) in [6, 6.07) is 4.40. The van der Waals surface area contributed by atoms with Crippen LogP contribution in [0.3, 0.4) is 0 Å². The van der Waals surface area contributed by atoms with E-state index in [0.29, 0.717) is 24.8 Å². The summed E-state index contributed by atoms with van der Waals surface area (Å²) in [5.41, 5.74) is -1.05. The van der Waals surface area contributed by atoms with Gasteiger partial charge in [0, 0.05) is 0 Å². The molecule has 5 nitrogen and oxygen atoms in total. The number of halogens is 1. The fourth-order valence-electron chi connectivity index (χ4n) is 2.63. The number of nitrogens with one attached hydrogen (secondary N) is 1. The van der Waals surface area contributed by atoms with E-state index in [4.69, 9.17) is 4.74 Å². The van der Waals surface area contributed by atoms with Crippen LogP contribution < -0.4 is 9.46 Å². The molecule has 1 saturated carbocycles. The van der Waals surface area contributed by atoms with E-state index in [2.05, 4.69) is 4.72 Å². The van der Waals surface area contributed by atoms with Crippen molar-refractivity contribution < 1.29 is 22.7 Å². The quantitative estimate of drug-likeness (QED) is 0.618. The third kappa shape index (κ3) is 5.94. The van der Waals surface area contributed by atoms with E-state index in [1.165, 1.54) is 12.1 Å². The van der Waals surface area contributed by atoms with Crippen LogP contribution in [0.25, 0.3) is 0 Å². The van der Waals surface area contributed by atoms with Crippen molar-refractivity contribution in [2.45, 2.75) is 64.0 Å². The van der Waals surface area contributed by atoms with Crippen molar-refractivity contribution in [2.75, 3.05) is 12.4 Å². The van der Waals surface area contributed by atoms with Gasteiger partial charge in [0.15, 0.2) is 11.6 Å². The Morgan fingerprint density at radius 2 is 2.00 bits per heavy atom. The average molecular weight is 373 g/mol. The number of aliphatic hydroxyl groups is 1. The Hall–Kier alpha value is -1.18. The molecule has 7 heteroatoms. The molecule has 0 spiro atoms. The number of unbranched alkanes of at least 4 members (excludes halogenated alkanes) is 2. The second-order valence-electron chi connectivity index (χ2n) is 7.46. The SMILES string of the molecule is CCCCCS(=O)(=O)NC1(c2ccc(F)c(OCC(C)(C)O)c2)CC1. The van der Waals surface area contributed by atoms with E-state index in [1.54, 1.807) is 19.9 Å². The largest absolute Gasteiger partial charge is 0.488 e. The fraction of sp³-hybridized carbons (Fsp3) is 0.667. The predicted octanol–water partition coefficient (Wildman–Crippen LogP) is 3.07. The smallest absolute Gasteiger partial charge is 0.212 e. The molecule has 0 amide bonds. The van der Waals surface area contributed by atoms with Crippen LogP contribution in [0.2, 0.25) is 0 Å². The van der Waals surface area contributed by atoms with E-state index in [0.717, 1.165) is 12.8 Å². The van der Waals surface area contributed by atoms with Crippen LogP contribution >= 0.6 is 0 Å². The molecule has 0 aromatic heterocycles. The molecule has 1 aromatic carbocycles. The molecule has 2 rings (SSSR count). The van der Waals surface area contributed by atoms with Crippen molar-refractivity contribution in [3.63, 3.8) is 0 Å². The van der Waals surface area contributed by atoms with Gasteiger partial charge in [0.05, 0.1) is 16.9 Å². The molecular formula is C18H28FNO4S. The summed E-state index contributed by atoms with van der Waals surface area (Å²) in [7, 11) is -3.38. The van der Waals surface area contributed by atoms with Crippen molar-refractivity contribution >= 4 is 10.0 Å². The number of hydrogen-bond donors (Lipinski definition) is 2. The van der Waals surface area contributed by atoms with Gasteiger partial charge in [-0.05, 0) is 50.8 Å². The predicted molar refractivity (Wildman–Crippen MR) is 95.6 cm³/mol. The van der Waals surface area contributed by atoms with Gasteiger partial charge < -0.3 is 9.84 Å². The first-order valence-corrected chi connectivity index (χ1v) is 10.4. The van der Waals surface area contributed by atoms with Crippen LogP contribution in [0.1, 0.15) is 58.4 Å². The lowest BCUT2D eigenvalue weighted by molar-refractivity contribution is 0.0271. The highest BCUT2D eigenvalue weighted by atomic mass is 32.2. The topological polar surface area (TPSA) is 75.6 Å². The Kier molecular flexibility index (Phi) is 6.12. The molecule has 2 N–H and O–H groups in total. The van der Waals surface area contributed by atoms with Gasteiger partial charge in [0.25, 0.3) is 0 Å². The molecular weight excluding hydrogens is 345 g/mol. The van der Waals surface area contributed by atoms with Gasteiger partial charge in [-0.25, -0.2) is 17.5 Å². The highest BCUT2D eigenvalue weighted by molar-refractivity contribution is 7.89. The maximum Gasteiger partial charge on any atom is 0.212 e. The molecule has 0 aliphatic heterocycles. The number of sulfonamides is 1.